The summed E-state index contributed by atoms with van der Waals surface area (Å²) in [5.74, 6) is 0. The third kappa shape index (κ3) is 3.02. The van der Waals surface area contributed by atoms with E-state index in [4.69, 9.17) is 4.74 Å². The third-order valence-corrected chi connectivity index (χ3v) is 2.21. The standard InChI is InChI=1S/C8H11BrF2N2O/c1-2-3-14-5-7-6(9)4-13(12-7)8(10)11/h4,8H,2-3,5H2,1H3. The van der Waals surface area contributed by atoms with Crippen molar-refractivity contribution in [3.63, 3.8) is 0 Å². The van der Waals surface area contributed by atoms with Gasteiger partial charge in [0.2, 0.25) is 0 Å². The number of nitrogens with zero attached hydrogens (tertiary/aromatic N) is 2. The Morgan fingerprint density at radius 1 is 1.64 bits per heavy atom. The van der Waals surface area contributed by atoms with E-state index in [0.717, 1.165) is 6.42 Å². The van der Waals surface area contributed by atoms with Crippen LogP contribution in [0.1, 0.15) is 25.6 Å². The highest BCUT2D eigenvalue weighted by molar-refractivity contribution is 9.10. The van der Waals surface area contributed by atoms with E-state index in [1.807, 2.05) is 6.92 Å². The van der Waals surface area contributed by atoms with Crippen LogP contribution in [-0.4, -0.2) is 16.4 Å². The molecule has 0 aliphatic heterocycles. The average molecular weight is 269 g/mol. The van der Waals surface area contributed by atoms with Crippen LogP contribution in [0.2, 0.25) is 0 Å². The summed E-state index contributed by atoms with van der Waals surface area (Å²) >= 11 is 3.14. The van der Waals surface area contributed by atoms with Crippen molar-refractivity contribution >= 4 is 15.9 Å². The molecule has 1 rings (SSSR count). The molecule has 0 saturated heterocycles. The second kappa shape index (κ2) is 5.41. The summed E-state index contributed by atoms with van der Waals surface area (Å²) < 4.78 is 30.7. The second-order valence-corrected chi connectivity index (χ2v) is 3.59. The van der Waals surface area contributed by atoms with Crippen molar-refractivity contribution in [2.75, 3.05) is 6.61 Å². The first-order chi connectivity index (χ1) is 6.65. The maximum absolute atomic E-state index is 12.2. The van der Waals surface area contributed by atoms with Crippen LogP contribution in [0.25, 0.3) is 0 Å². The van der Waals surface area contributed by atoms with Gasteiger partial charge in [0.1, 0.15) is 5.69 Å². The van der Waals surface area contributed by atoms with Crippen LogP contribution in [0.15, 0.2) is 10.7 Å². The highest BCUT2D eigenvalue weighted by Gasteiger charge is 2.11. The molecule has 3 nitrogen and oxygen atoms in total. The maximum Gasteiger partial charge on any atom is 0.333 e. The van der Waals surface area contributed by atoms with Gasteiger partial charge in [0.05, 0.1) is 11.1 Å². The molecule has 0 aliphatic rings. The first-order valence-electron chi connectivity index (χ1n) is 4.24. The van der Waals surface area contributed by atoms with Crippen LogP contribution in [-0.2, 0) is 11.3 Å². The second-order valence-electron chi connectivity index (χ2n) is 2.73. The first kappa shape index (κ1) is 11.6. The lowest BCUT2D eigenvalue weighted by Crippen LogP contribution is -2.01. The quantitative estimate of drug-likeness (QED) is 0.768. The molecule has 1 aromatic rings. The van der Waals surface area contributed by atoms with Crippen molar-refractivity contribution in [3.05, 3.63) is 16.4 Å². The number of alkyl halides is 2. The molecule has 1 aromatic heterocycles. The van der Waals surface area contributed by atoms with Gasteiger partial charge in [-0.15, -0.1) is 0 Å². The van der Waals surface area contributed by atoms with Gasteiger partial charge in [0, 0.05) is 12.8 Å². The summed E-state index contributed by atoms with van der Waals surface area (Å²) in [6.45, 7) is 0.237. The molecule has 0 spiro atoms. The van der Waals surface area contributed by atoms with E-state index in [9.17, 15) is 8.78 Å². The van der Waals surface area contributed by atoms with Crippen LogP contribution in [0.5, 0.6) is 0 Å². The maximum atomic E-state index is 12.2. The fraction of sp³-hybridized carbons (Fsp3) is 0.625. The zero-order valence-electron chi connectivity index (χ0n) is 7.71. The minimum atomic E-state index is -2.61. The molecule has 0 bridgehead atoms. The number of ether oxygens (including phenoxy) is 1. The zero-order valence-corrected chi connectivity index (χ0v) is 9.30. The Hall–Kier alpha value is -0.490. The smallest absolute Gasteiger partial charge is 0.333 e. The zero-order chi connectivity index (χ0) is 10.6. The predicted molar refractivity (Wildman–Crippen MR) is 51.1 cm³/mol. The third-order valence-electron chi connectivity index (χ3n) is 1.54. The Bertz CT molecular complexity index is 291. The van der Waals surface area contributed by atoms with Crippen molar-refractivity contribution in [1.29, 1.82) is 0 Å². The minimum absolute atomic E-state index is 0.258. The lowest BCUT2D eigenvalue weighted by Gasteiger charge is -1.99. The number of aromatic nitrogens is 2. The van der Waals surface area contributed by atoms with Gasteiger partial charge >= 0.3 is 6.55 Å². The summed E-state index contributed by atoms with van der Waals surface area (Å²) in [5, 5.41) is 3.68. The number of halogens is 3. The molecule has 0 amide bonds. The molecule has 0 saturated carbocycles. The molecule has 14 heavy (non-hydrogen) atoms. The van der Waals surface area contributed by atoms with Gasteiger partial charge in [0.15, 0.2) is 0 Å². The summed E-state index contributed by atoms with van der Waals surface area (Å²) in [6.07, 6.45) is 2.14. The van der Waals surface area contributed by atoms with Gasteiger partial charge in [-0.05, 0) is 22.4 Å². The summed E-state index contributed by atoms with van der Waals surface area (Å²) in [5.41, 5.74) is 0.499. The minimum Gasteiger partial charge on any atom is -0.375 e. The van der Waals surface area contributed by atoms with Crippen LogP contribution in [0.3, 0.4) is 0 Å². The molecular weight excluding hydrogens is 258 g/mol. The van der Waals surface area contributed by atoms with E-state index >= 15 is 0 Å². The van der Waals surface area contributed by atoms with Gasteiger partial charge in [-0.25, -0.2) is 4.68 Å². The fourth-order valence-electron chi connectivity index (χ4n) is 0.918. The average Bonchev–Trinajstić information content (AvgIpc) is 2.49. The molecular formula is C8H11BrF2N2O. The monoisotopic (exact) mass is 268 g/mol. The van der Waals surface area contributed by atoms with E-state index < -0.39 is 6.55 Å². The summed E-state index contributed by atoms with van der Waals surface area (Å²) in [7, 11) is 0. The van der Waals surface area contributed by atoms with Crippen LogP contribution in [0, 0.1) is 0 Å². The van der Waals surface area contributed by atoms with Crippen LogP contribution in [0.4, 0.5) is 8.78 Å². The van der Waals surface area contributed by atoms with E-state index in [0.29, 0.717) is 21.5 Å². The van der Waals surface area contributed by atoms with Crippen molar-refractivity contribution < 1.29 is 13.5 Å². The molecule has 6 heteroatoms. The van der Waals surface area contributed by atoms with E-state index in [1.54, 1.807) is 0 Å². The number of hydrogen-bond donors (Lipinski definition) is 0. The lowest BCUT2D eigenvalue weighted by atomic mass is 10.4. The SMILES string of the molecule is CCCOCc1nn(C(F)F)cc1Br. The van der Waals surface area contributed by atoms with Gasteiger partial charge in [0.25, 0.3) is 0 Å². The molecule has 0 aliphatic carbocycles. The van der Waals surface area contributed by atoms with Gasteiger partial charge in [-0.2, -0.15) is 13.9 Å². The molecule has 80 valence electrons. The highest BCUT2D eigenvalue weighted by Crippen LogP contribution is 2.19. The van der Waals surface area contributed by atoms with Crippen molar-refractivity contribution in [1.82, 2.24) is 9.78 Å². The molecule has 0 atom stereocenters. The first-order valence-corrected chi connectivity index (χ1v) is 5.04. The van der Waals surface area contributed by atoms with Gasteiger partial charge in [-0.3, -0.25) is 0 Å². The molecule has 0 unspecified atom stereocenters. The Labute approximate surface area is 89.2 Å². The highest BCUT2D eigenvalue weighted by atomic mass is 79.9. The fourth-order valence-corrected chi connectivity index (χ4v) is 1.32. The summed E-state index contributed by atoms with van der Waals surface area (Å²) in [4.78, 5) is 0. The van der Waals surface area contributed by atoms with Crippen LogP contribution >= 0.6 is 15.9 Å². The number of rotatable bonds is 5. The Morgan fingerprint density at radius 3 is 2.86 bits per heavy atom. The van der Waals surface area contributed by atoms with Crippen molar-refractivity contribution in [3.8, 4) is 0 Å². The van der Waals surface area contributed by atoms with E-state index in [-0.39, 0.29) is 6.61 Å². The molecule has 0 radical (unpaired) electrons. The number of hydrogen-bond acceptors (Lipinski definition) is 2. The van der Waals surface area contributed by atoms with Gasteiger partial charge < -0.3 is 4.74 Å². The van der Waals surface area contributed by atoms with Crippen molar-refractivity contribution in [2.24, 2.45) is 0 Å². The van der Waals surface area contributed by atoms with E-state index in [2.05, 4.69) is 21.0 Å². The molecule has 0 N–H and O–H groups in total. The molecule has 1 heterocycles. The Balaban J connectivity index is 2.58. The largest absolute Gasteiger partial charge is 0.375 e. The van der Waals surface area contributed by atoms with E-state index in [1.165, 1.54) is 6.20 Å². The molecule has 0 aromatic carbocycles. The molecule has 0 fully saturated rings. The Kier molecular flexibility index (Phi) is 4.47. The van der Waals surface area contributed by atoms with Crippen molar-refractivity contribution in [2.45, 2.75) is 26.5 Å². The lowest BCUT2D eigenvalue weighted by molar-refractivity contribution is 0.0542. The topological polar surface area (TPSA) is 27.1 Å². The summed E-state index contributed by atoms with van der Waals surface area (Å²) in [6, 6.07) is 0. The normalized spacial score (nSPS) is 11.2. The predicted octanol–water partition coefficient (Wildman–Crippen LogP) is 2.97. The van der Waals surface area contributed by atoms with Crippen LogP contribution < -0.4 is 0 Å². The van der Waals surface area contributed by atoms with Gasteiger partial charge in [-0.1, -0.05) is 6.92 Å². The Morgan fingerprint density at radius 2 is 2.36 bits per heavy atom.